The standard InChI is InChI=1S/C10H21NO4S/c1-8(2)10(12)5-11-16(13,14)7-9-3-4-15-6-9/h8-12H,3-7H2,1-2H3/t9-,10-/m1/s1. The summed E-state index contributed by atoms with van der Waals surface area (Å²) in [6, 6.07) is 0. The van der Waals surface area contributed by atoms with Gasteiger partial charge in [0.2, 0.25) is 10.0 Å². The molecule has 1 heterocycles. The Morgan fingerprint density at radius 1 is 1.50 bits per heavy atom. The van der Waals surface area contributed by atoms with E-state index in [0.717, 1.165) is 6.42 Å². The molecule has 5 nitrogen and oxygen atoms in total. The SMILES string of the molecule is CC(C)[C@H](O)CNS(=O)(=O)C[C@@H]1CCOC1. The van der Waals surface area contributed by atoms with Crippen LogP contribution in [0.1, 0.15) is 20.3 Å². The molecule has 0 aromatic heterocycles. The molecule has 0 aromatic rings. The smallest absolute Gasteiger partial charge is 0.212 e. The molecule has 0 spiro atoms. The third-order valence-electron chi connectivity index (χ3n) is 2.76. The van der Waals surface area contributed by atoms with E-state index in [1.807, 2.05) is 13.8 Å². The van der Waals surface area contributed by atoms with Gasteiger partial charge >= 0.3 is 0 Å². The van der Waals surface area contributed by atoms with Gasteiger partial charge in [-0.05, 0) is 18.3 Å². The van der Waals surface area contributed by atoms with Crippen molar-refractivity contribution in [3.05, 3.63) is 0 Å². The van der Waals surface area contributed by atoms with Crippen LogP contribution in [-0.4, -0.2) is 45.1 Å². The summed E-state index contributed by atoms with van der Waals surface area (Å²) in [5.41, 5.74) is 0. The Balaban J connectivity index is 2.33. The lowest BCUT2D eigenvalue weighted by Crippen LogP contribution is -2.37. The molecule has 2 N–H and O–H groups in total. The highest BCUT2D eigenvalue weighted by Crippen LogP contribution is 2.14. The lowest BCUT2D eigenvalue weighted by Gasteiger charge is -2.16. The predicted octanol–water partition coefficient (Wildman–Crippen LogP) is -0.0408. The molecule has 1 aliphatic heterocycles. The van der Waals surface area contributed by atoms with Gasteiger partial charge in [-0.3, -0.25) is 0 Å². The number of rotatable bonds is 6. The predicted molar refractivity (Wildman–Crippen MR) is 61.6 cm³/mol. The summed E-state index contributed by atoms with van der Waals surface area (Å²) in [7, 11) is -3.28. The van der Waals surface area contributed by atoms with Crippen LogP contribution in [0.2, 0.25) is 0 Å². The molecule has 0 saturated carbocycles. The Hall–Kier alpha value is -0.170. The van der Waals surface area contributed by atoms with Crippen molar-refractivity contribution in [3.63, 3.8) is 0 Å². The first kappa shape index (κ1) is 13.9. The minimum absolute atomic E-state index is 0.0533. The Morgan fingerprint density at radius 3 is 2.69 bits per heavy atom. The second-order valence-electron chi connectivity index (χ2n) is 4.67. The number of hydrogen-bond acceptors (Lipinski definition) is 4. The molecule has 6 heteroatoms. The van der Waals surface area contributed by atoms with Crippen molar-refractivity contribution >= 4 is 10.0 Å². The number of hydrogen-bond donors (Lipinski definition) is 2. The average molecular weight is 251 g/mol. The first-order valence-electron chi connectivity index (χ1n) is 5.64. The molecule has 1 aliphatic rings. The molecule has 2 atom stereocenters. The van der Waals surface area contributed by atoms with Crippen molar-refractivity contribution < 1.29 is 18.3 Å². The van der Waals surface area contributed by atoms with Crippen LogP contribution >= 0.6 is 0 Å². The molecule has 0 aliphatic carbocycles. The highest BCUT2D eigenvalue weighted by atomic mass is 32.2. The summed E-state index contributed by atoms with van der Waals surface area (Å²) in [5, 5.41) is 9.50. The maximum atomic E-state index is 11.6. The van der Waals surface area contributed by atoms with Crippen molar-refractivity contribution in [3.8, 4) is 0 Å². The van der Waals surface area contributed by atoms with Gasteiger partial charge in [0.1, 0.15) is 0 Å². The van der Waals surface area contributed by atoms with Crippen LogP contribution in [0.25, 0.3) is 0 Å². The van der Waals surface area contributed by atoms with E-state index in [1.54, 1.807) is 0 Å². The lowest BCUT2D eigenvalue weighted by atomic mass is 10.1. The number of nitrogens with one attached hydrogen (secondary N) is 1. The number of ether oxygens (including phenoxy) is 1. The molecule has 0 aromatic carbocycles. The highest BCUT2D eigenvalue weighted by Gasteiger charge is 2.23. The van der Waals surface area contributed by atoms with Crippen molar-refractivity contribution in [2.75, 3.05) is 25.5 Å². The monoisotopic (exact) mass is 251 g/mol. The van der Waals surface area contributed by atoms with Gasteiger partial charge in [0.25, 0.3) is 0 Å². The fourth-order valence-electron chi connectivity index (χ4n) is 1.53. The van der Waals surface area contributed by atoms with Crippen LogP contribution in [0.5, 0.6) is 0 Å². The van der Waals surface area contributed by atoms with Gasteiger partial charge in [0, 0.05) is 13.2 Å². The topological polar surface area (TPSA) is 75.6 Å². The van der Waals surface area contributed by atoms with Crippen LogP contribution in [0, 0.1) is 11.8 Å². The van der Waals surface area contributed by atoms with Crippen LogP contribution in [-0.2, 0) is 14.8 Å². The molecule has 0 amide bonds. The fourth-order valence-corrected chi connectivity index (χ4v) is 2.96. The van der Waals surface area contributed by atoms with Crippen molar-refractivity contribution in [2.45, 2.75) is 26.4 Å². The van der Waals surface area contributed by atoms with Gasteiger partial charge in [0.05, 0.1) is 18.5 Å². The lowest BCUT2D eigenvalue weighted by molar-refractivity contribution is 0.129. The molecule has 0 radical (unpaired) electrons. The summed E-state index contributed by atoms with van der Waals surface area (Å²) >= 11 is 0. The molecule has 1 rings (SSSR count). The van der Waals surface area contributed by atoms with Gasteiger partial charge in [-0.2, -0.15) is 0 Å². The quantitative estimate of drug-likeness (QED) is 0.694. The van der Waals surface area contributed by atoms with Crippen LogP contribution in [0.3, 0.4) is 0 Å². The second-order valence-corrected chi connectivity index (χ2v) is 6.52. The van der Waals surface area contributed by atoms with Crippen molar-refractivity contribution in [1.29, 1.82) is 0 Å². The highest BCUT2D eigenvalue weighted by molar-refractivity contribution is 7.89. The summed E-state index contributed by atoms with van der Waals surface area (Å²) in [5.74, 6) is 0.240. The molecular weight excluding hydrogens is 230 g/mol. The summed E-state index contributed by atoms with van der Waals surface area (Å²) in [6.07, 6.45) is 0.169. The molecule has 96 valence electrons. The van der Waals surface area contributed by atoms with Gasteiger partial charge < -0.3 is 9.84 Å². The van der Waals surface area contributed by atoms with Crippen LogP contribution in [0.15, 0.2) is 0 Å². The van der Waals surface area contributed by atoms with E-state index in [1.165, 1.54) is 0 Å². The van der Waals surface area contributed by atoms with E-state index in [2.05, 4.69) is 4.72 Å². The zero-order valence-corrected chi connectivity index (χ0v) is 10.7. The molecule has 1 saturated heterocycles. The maximum Gasteiger partial charge on any atom is 0.212 e. The Labute approximate surface area is 97.2 Å². The van der Waals surface area contributed by atoms with Crippen LogP contribution < -0.4 is 4.72 Å². The van der Waals surface area contributed by atoms with E-state index in [0.29, 0.717) is 13.2 Å². The minimum Gasteiger partial charge on any atom is -0.391 e. The molecular formula is C10H21NO4S. The third-order valence-corrected chi connectivity index (χ3v) is 4.28. The molecule has 0 unspecified atom stereocenters. The first-order chi connectivity index (χ1) is 7.41. The van der Waals surface area contributed by atoms with Gasteiger partial charge in [-0.25, -0.2) is 13.1 Å². The Morgan fingerprint density at radius 2 is 2.19 bits per heavy atom. The summed E-state index contributed by atoms with van der Waals surface area (Å²) in [6.45, 7) is 4.96. The fraction of sp³-hybridized carbons (Fsp3) is 1.00. The van der Waals surface area contributed by atoms with E-state index < -0.39 is 16.1 Å². The molecule has 0 bridgehead atoms. The van der Waals surface area contributed by atoms with Crippen molar-refractivity contribution in [1.82, 2.24) is 4.72 Å². The maximum absolute atomic E-state index is 11.6. The largest absolute Gasteiger partial charge is 0.391 e. The molecule has 1 fully saturated rings. The molecule has 16 heavy (non-hydrogen) atoms. The third kappa shape index (κ3) is 4.78. The number of aliphatic hydroxyl groups is 1. The van der Waals surface area contributed by atoms with Gasteiger partial charge in [-0.1, -0.05) is 13.8 Å². The zero-order valence-electron chi connectivity index (χ0n) is 9.85. The van der Waals surface area contributed by atoms with E-state index in [9.17, 15) is 13.5 Å². The average Bonchev–Trinajstić information content (AvgIpc) is 2.65. The van der Waals surface area contributed by atoms with E-state index >= 15 is 0 Å². The Kier molecular flexibility index (Phi) is 5.17. The van der Waals surface area contributed by atoms with Crippen LogP contribution in [0.4, 0.5) is 0 Å². The number of aliphatic hydroxyl groups excluding tert-OH is 1. The Bertz CT molecular complexity index is 296. The first-order valence-corrected chi connectivity index (χ1v) is 7.29. The normalized spacial score (nSPS) is 23.9. The number of sulfonamides is 1. The second kappa shape index (κ2) is 5.95. The van der Waals surface area contributed by atoms with E-state index in [4.69, 9.17) is 4.74 Å². The van der Waals surface area contributed by atoms with Crippen molar-refractivity contribution in [2.24, 2.45) is 11.8 Å². The summed E-state index contributed by atoms with van der Waals surface area (Å²) in [4.78, 5) is 0. The van der Waals surface area contributed by atoms with Gasteiger partial charge in [-0.15, -0.1) is 0 Å². The minimum atomic E-state index is -3.28. The van der Waals surface area contributed by atoms with E-state index in [-0.39, 0.29) is 24.1 Å². The van der Waals surface area contributed by atoms with Gasteiger partial charge in [0.15, 0.2) is 0 Å². The summed E-state index contributed by atoms with van der Waals surface area (Å²) < 4.78 is 30.8. The zero-order chi connectivity index (χ0) is 12.2.